The van der Waals surface area contributed by atoms with Gasteiger partial charge in [0.1, 0.15) is 5.15 Å². The molecular formula is C9H8ClNO2. The van der Waals surface area contributed by atoms with Crippen molar-refractivity contribution in [1.29, 1.82) is 0 Å². The highest BCUT2D eigenvalue weighted by Gasteiger charge is 1.93. The summed E-state index contributed by atoms with van der Waals surface area (Å²) >= 11 is 5.63. The van der Waals surface area contributed by atoms with Gasteiger partial charge in [0.2, 0.25) is 0 Å². The second-order valence-corrected chi connectivity index (χ2v) is 2.63. The maximum atomic E-state index is 10.7. The van der Waals surface area contributed by atoms with Gasteiger partial charge in [0.15, 0.2) is 0 Å². The van der Waals surface area contributed by atoms with Crippen LogP contribution in [0, 0.1) is 0 Å². The fourth-order valence-electron chi connectivity index (χ4n) is 0.738. The fraction of sp³-hybridized carbons (Fsp3) is 0.111. The molecule has 1 aromatic rings. The van der Waals surface area contributed by atoms with E-state index in [2.05, 4.69) is 9.72 Å². The summed E-state index contributed by atoms with van der Waals surface area (Å²) in [6, 6.07) is 5.16. The van der Waals surface area contributed by atoms with Crippen molar-refractivity contribution in [3.05, 3.63) is 35.1 Å². The first-order chi connectivity index (χ1) is 6.22. The van der Waals surface area contributed by atoms with Gasteiger partial charge in [-0.05, 0) is 18.2 Å². The Morgan fingerprint density at radius 3 is 3.00 bits per heavy atom. The molecule has 1 heterocycles. The molecule has 0 spiro atoms. The zero-order valence-electron chi connectivity index (χ0n) is 7.03. The van der Waals surface area contributed by atoms with Gasteiger partial charge in [0.05, 0.1) is 12.8 Å². The van der Waals surface area contributed by atoms with Crippen LogP contribution in [0.25, 0.3) is 6.08 Å². The third-order valence-electron chi connectivity index (χ3n) is 1.33. The van der Waals surface area contributed by atoms with E-state index in [9.17, 15) is 4.79 Å². The highest BCUT2D eigenvalue weighted by molar-refractivity contribution is 6.29. The number of carbonyl (C=O) groups is 1. The van der Waals surface area contributed by atoms with Gasteiger partial charge in [0.25, 0.3) is 0 Å². The van der Waals surface area contributed by atoms with Crippen LogP contribution < -0.4 is 0 Å². The molecule has 0 atom stereocenters. The number of pyridine rings is 1. The molecule has 0 bridgehead atoms. The van der Waals surface area contributed by atoms with Crippen molar-refractivity contribution < 1.29 is 9.53 Å². The van der Waals surface area contributed by atoms with Gasteiger partial charge in [-0.15, -0.1) is 0 Å². The molecule has 0 amide bonds. The van der Waals surface area contributed by atoms with Crippen LogP contribution in [0.4, 0.5) is 0 Å². The van der Waals surface area contributed by atoms with Crippen LogP contribution in [0.5, 0.6) is 0 Å². The summed E-state index contributed by atoms with van der Waals surface area (Å²) in [6.07, 6.45) is 2.83. The lowest BCUT2D eigenvalue weighted by molar-refractivity contribution is -0.134. The lowest BCUT2D eigenvalue weighted by atomic mass is 10.3. The molecule has 1 aromatic heterocycles. The third-order valence-corrected chi connectivity index (χ3v) is 1.54. The van der Waals surface area contributed by atoms with E-state index >= 15 is 0 Å². The average molecular weight is 198 g/mol. The van der Waals surface area contributed by atoms with Crippen molar-refractivity contribution in [2.24, 2.45) is 0 Å². The molecule has 4 heteroatoms. The van der Waals surface area contributed by atoms with Gasteiger partial charge in [0, 0.05) is 6.08 Å². The van der Waals surface area contributed by atoms with E-state index in [0.29, 0.717) is 10.8 Å². The van der Waals surface area contributed by atoms with Gasteiger partial charge in [-0.25, -0.2) is 9.78 Å². The predicted octanol–water partition coefficient (Wildman–Crippen LogP) is 1.92. The Kier molecular flexibility index (Phi) is 3.46. The number of halogens is 1. The topological polar surface area (TPSA) is 39.2 Å². The van der Waals surface area contributed by atoms with Crippen molar-refractivity contribution in [2.75, 3.05) is 7.11 Å². The number of aromatic nitrogens is 1. The number of esters is 1. The first kappa shape index (κ1) is 9.74. The molecule has 3 nitrogen and oxygen atoms in total. The lowest BCUT2D eigenvalue weighted by Gasteiger charge is -1.92. The van der Waals surface area contributed by atoms with Gasteiger partial charge >= 0.3 is 5.97 Å². The zero-order valence-corrected chi connectivity index (χ0v) is 7.78. The molecule has 68 valence electrons. The maximum absolute atomic E-state index is 10.7. The molecule has 0 saturated heterocycles. The molecule has 0 unspecified atom stereocenters. The number of hydrogen-bond donors (Lipinski definition) is 0. The number of methoxy groups -OCH3 is 1. The Hall–Kier alpha value is -1.35. The molecule has 0 aliphatic heterocycles. The number of ether oxygens (including phenoxy) is 1. The summed E-state index contributed by atoms with van der Waals surface area (Å²) in [5.74, 6) is -0.415. The number of carbonyl (C=O) groups excluding carboxylic acids is 1. The van der Waals surface area contributed by atoms with Crippen molar-refractivity contribution in [3.8, 4) is 0 Å². The van der Waals surface area contributed by atoms with Gasteiger partial charge in [-0.2, -0.15) is 0 Å². The van der Waals surface area contributed by atoms with Crippen LogP contribution in [0.15, 0.2) is 24.3 Å². The van der Waals surface area contributed by atoms with Crippen LogP contribution in [0.3, 0.4) is 0 Å². The Morgan fingerprint density at radius 1 is 1.62 bits per heavy atom. The first-order valence-electron chi connectivity index (χ1n) is 3.61. The predicted molar refractivity (Wildman–Crippen MR) is 50.3 cm³/mol. The van der Waals surface area contributed by atoms with E-state index in [4.69, 9.17) is 11.6 Å². The van der Waals surface area contributed by atoms with Crippen molar-refractivity contribution in [2.45, 2.75) is 0 Å². The minimum absolute atomic E-state index is 0.395. The second kappa shape index (κ2) is 4.62. The number of nitrogens with zero attached hydrogens (tertiary/aromatic N) is 1. The van der Waals surface area contributed by atoms with Crippen LogP contribution in [0.1, 0.15) is 5.69 Å². The van der Waals surface area contributed by atoms with E-state index in [1.54, 1.807) is 18.2 Å². The molecule has 1 rings (SSSR count). The largest absolute Gasteiger partial charge is 0.466 e. The highest BCUT2D eigenvalue weighted by atomic mass is 35.5. The van der Waals surface area contributed by atoms with Crippen molar-refractivity contribution >= 4 is 23.6 Å². The molecule has 0 aromatic carbocycles. The Morgan fingerprint density at radius 2 is 2.38 bits per heavy atom. The van der Waals surface area contributed by atoms with Gasteiger partial charge in [-0.1, -0.05) is 17.7 Å². The SMILES string of the molecule is COC(=O)/C=C/c1cccc(Cl)n1. The maximum Gasteiger partial charge on any atom is 0.330 e. The van der Waals surface area contributed by atoms with E-state index in [-0.39, 0.29) is 0 Å². The van der Waals surface area contributed by atoms with Crippen LogP contribution in [0.2, 0.25) is 5.15 Å². The lowest BCUT2D eigenvalue weighted by Crippen LogP contribution is -1.93. The Labute approximate surface area is 81.0 Å². The molecule has 0 fully saturated rings. The monoisotopic (exact) mass is 197 g/mol. The molecule has 0 aliphatic rings. The number of hydrogen-bond acceptors (Lipinski definition) is 3. The standard InChI is InChI=1S/C9H8ClNO2/c1-13-9(12)6-5-7-3-2-4-8(10)11-7/h2-6H,1H3/b6-5+. The summed E-state index contributed by atoms with van der Waals surface area (Å²) in [5.41, 5.74) is 0.623. The normalized spacial score (nSPS) is 10.3. The minimum atomic E-state index is -0.415. The smallest absolute Gasteiger partial charge is 0.330 e. The third kappa shape index (κ3) is 3.25. The van der Waals surface area contributed by atoms with Crippen molar-refractivity contribution in [1.82, 2.24) is 4.98 Å². The molecule has 0 aliphatic carbocycles. The van der Waals surface area contributed by atoms with Crippen LogP contribution in [-0.2, 0) is 9.53 Å². The van der Waals surface area contributed by atoms with E-state index in [1.807, 2.05) is 0 Å². The van der Waals surface area contributed by atoms with E-state index in [1.165, 1.54) is 19.3 Å². The average Bonchev–Trinajstić information content (AvgIpc) is 2.14. The van der Waals surface area contributed by atoms with Gasteiger partial charge in [-0.3, -0.25) is 0 Å². The van der Waals surface area contributed by atoms with E-state index in [0.717, 1.165) is 0 Å². The quantitative estimate of drug-likeness (QED) is 0.413. The second-order valence-electron chi connectivity index (χ2n) is 2.24. The summed E-state index contributed by atoms with van der Waals surface area (Å²) in [4.78, 5) is 14.7. The Bertz CT molecular complexity index is 336. The summed E-state index contributed by atoms with van der Waals surface area (Å²) in [5, 5.41) is 0.395. The Balaban J connectivity index is 2.74. The molecule has 0 N–H and O–H groups in total. The van der Waals surface area contributed by atoms with Gasteiger partial charge < -0.3 is 4.74 Å². The fourth-order valence-corrected chi connectivity index (χ4v) is 0.909. The van der Waals surface area contributed by atoms with E-state index < -0.39 is 5.97 Å². The summed E-state index contributed by atoms with van der Waals surface area (Å²) in [7, 11) is 1.32. The summed E-state index contributed by atoms with van der Waals surface area (Å²) < 4.78 is 4.42. The zero-order chi connectivity index (χ0) is 9.68. The van der Waals surface area contributed by atoms with Crippen molar-refractivity contribution in [3.63, 3.8) is 0 Å². The summed E-state index contributed by atoms with van der Waals surface area (Å²) in [6.45, 7) is 0. The highest BCUT2D eigenvalue weighted by Crippen LogP contribution is 2.06. The first-order valence-corrected chi connectivity index (χ1v) is 3.99. The van der Waals surface area contributed by atoms with Crippen LogP contribution >= 0.6 is 11.6 Å². The minimum Gasteiger partial charge on any atom is -0.466 e. The molecule has 13 heavy (non-hydrogen) atoms. The number of rotatable bonds is 2. The molecule has 0 saturated carbocycles. The molecule has 0 radical (unpaired) electrons. The molecular weight excluding hydrogens is 190 g/mol. The van der Waals surface area contributed by atoms with Crippen LogP contribution in [-0.4, -0.2) is 18.1 Å².